The summed E-state index contributed by atoms with van der Waals surface area (Å²) in [5.41, 5.74) is 3.34. The van der Waals surface area contributed by atoms with Crippen LogP contribution in [-0.2, 0) is 0 Å². The first-order valence-corrected chi connectivity index (χ1v) is 7.54. The van der Waals surface area contributed by atoms with Gasteiger partial charge < -0.3 is 0 Å². The molecule has 0 unspecified atom stereocenters. The van der Waals surface area contributed by atoms with E-state index in [2.05, 4.69) is 15.2 Å². The molecule has 0 aliphatic rings. The standard InChI is InChI=1S/C19H14ClN3/c20-19-9-5-4-6-15(19)14-21-16-10-12-18(13-11-16)23-22-17-7-2-1-3-8-17/h1-14H. The third-order valence-electron chi connectivity index (χ3n) is 3.14. The fourth-order valence-electron chi connectivity index (χ4n) is 1.94. The maximum atomic E-state index is 6.10. The van der Waals surface area contributed by atoms with Crippen molar-refractivity contribution in [2.24, 2.45) is 15.2 Å². The maximum absolute atomic E-state index is 6.10. The van der Waals surface area contributed by atoms with Crippen LogP contribution in [0.3, 0.4) is 0 Å². The Labute approximate surface area is 140 Å². The summed E-state index contributed by atoms with van der Waals surface area (Å²) < 4.78 is 0. The Morgan fingerprint density at radius 3 is 1.87 bits per heavy atom. The number of hydrogen-bond acceptors (Lipinski definition) is 3. The Hall–Kier alpha value is -2.78. The van der Waals surface area contributed by atoms with Crippen molar-refractivity contribution in [3.63, 3.8) is 0 Å². The van der Waals surface area contributed by atoms with Crippen molar-refractivity contribution in [3.05, 3.63) is 89.4 Å². The minimum Gasteiger partial charge on any atom is -0.256 e. The molecule has 0 aliphatic heterocycles. The predicted molar refractivity (Wildman–Crippen MR) is 95.8 cm³/mol. The molecule has 4 heteroatoms. The Bertz CT molecular complexity index is 825. The van der Waals surface area contributed by atoms with Gasteiger partial charge in [-0.3, -0.25) is 4.99 Å². The number of hydrogen-bond donors (Lipinski definition) is 0. The van der Waals surface area contributed by atoms with E-state index >= 15 is 0 Å². The number of aliphatic imine (C=N–C) groups is 1. The Balaban J connectivity index is 1.70. The average molecular weight is 320 g/mol. The molecule has 0 spiro atoms. The van der Waals surface area contributed by atoms with Crippen molar-refractivity contribution in [2.75, 3.05) is 0 Å². The van der Waals surface area contributed by atoms with E-state index < -0.39 is 0 Å². The van der Waals surface area contributed by atoms with E-state index in [1.54, 1.807) is 6.21 Å². The summed E-state index contributed by atoms with van der Waals surface area (Å²) in [5.74, 6) is 0. The maximum Gasteiger partial charge on any atom is 0.0858 e. The largest absolute Gasteiger partial charge is 0.256 e. The fraction of sp³-hybridized carbons (Fsp3) is 0. The van der Waals surface area contributed by atoms with Crippen LogP contribution in [0, 0.1) is 0 Å². The van der Waals surface area contributed by atoms with Crippen LogP contribution in [0.4, 0.5) is 17.1 Å². The highest BCUT2D eigenvalue weighted by Gasteiger charge is 1.95. The molecule has 3 rings (SSSR count). The highest BCUT2D eigenvalue weighted by atomic mass is 35.5. The molecule has 3 aromatic rings. The molecule has 0 saturated heterocycles. The third kappa shape index (κ3) is 4.34. The normalized spacial score (nSPS) is 11.3. The first-order valence-electron chi connectivity index (χ1n) is 7.17. The molecule has 3 aromatic carbocycles. The number of halogens is 1. The molecule has 0 amide bonds. The van der Waals surface area contributed by atoms with Gasteiger partial charge in [0.05, 0.1) is 17.1 Å². The molecule has 112 valence electrons. The molecular formula is C19H14ClN3. The van der Waals surface area contributed by atoms with Crippen LogP contribution in [0.15, 0.2) is 94.1 Å². The first-order chi connectivity index (χ1) is 11.3. The van der Waals surface area contributed by atoms with Crippen molar-refractivity contribution < 1.29 is 0 Å². The van der Waals surface area contributed by atoms with Gasteiger partial charge in [-0.2, -0.15) is 10.2 Å². The van der Waals surface area contributed by atoms with Crippen LogP contribution >= 0.6 is 11.6 Å². The van der Waals surface area contributed by atoms with Gasteiger partial charge in [-0.1, -0.05) is 48.0 Å². The molecular weight excluding hydrogens is 306 g/mol. The molecule has 0 atom stereocenters. The summed E-state index contributed by atoms with van der Waals surface area (Å²) in [6.45, 7) is 0. The first kappa shape index (κ1) is 15.1. The summed E-state index contributed by atoms with van der Waals surface area (Å²) >= 11 is 6.10. The van der Waals surface area contributed by atoms with E-state index in [1.165, 1.54) is 0 Å². The molecule has 3 nitrogen and oxygen atoms in total. The number of rotatable bonds is 4. The molecule has 0 saturated carbocycles. The predicted octanol–water partition coefficient (Wildman–Crippen LogP) is 6.51. The Morgan fingerprint density at radius 1 is 0.609 bits per heavy atom. The molecule has 0 radical (unpaired) electrons. The zero-order chi connectivity index (χ0) is 15.9. The number of nitrogens with zero attached hydrogens (tertiary/aromatic N) is 3. The molecule has 0 aromatic heterocycles. The lowest BCUT2D eigenvalue weighted by Crippen LogP contribution is -1.80. The van der Waals surface area contributed by atoms with Crippen LogP contribution in [0.1, 0.15) is 5.56 Å². The van der Waals surface area contributed by atoms with Crippen molar-refractivity contribution in [2.45, 2.75) is 0 Å². The quantitative estimate of drug-likeness (QED) is 0.388. The summed E-state index contributed by atoms with van der Waals surface area (Å²) in [5, 5.41) is 9.07. The topological polar surface area (TPSA) is 37.1 Å². The minimum atomic E-state index is 0.685. The highest BCUT2D eigenvalue weighted by Crippen LogP contribution is 2.22. The summed E-state index contributed by atoms with van der Waals surface area (Å²) in [6, 6.07) is 24.8. The molecule has 0 heterocycles. The van der Waals surface area contributed by atoms with Crippen LogP contribution in [0.25, 0.3) is 0 Å². The summed E-state index contributed by atoms with van der Waals surface area (Å²) in [4.78, 5) is 4.41. The molecule has 23 heavy (non-hydrogen) atoms. The molecule has 0 N–H and O–H groups in total. The zero-order valence-corrected chi connectivity index (χ0v) is 13.1. The minimum absolute atomic E-state index is 0.685. The zero-order valence-electron chi connectivity index (χ0n) is 12.3. The van der Waals surface area contributed by atoms with Gasteiger partial charge in [-0.15, -0.1) is 0 Å². The molecule has 0 aliphatic carbocycles. The van der Waals surface area contributed by atoms with Crippen molar-refractivity contribution in [1.82, 2.24) is 0 Å². The summed E-state index contributed by atoms with van der Waals surface area (Å²) in [7, 11) is 0. The second kappa shape index (κ2) is 7.47. The van der Waals surface area contributed by atoms with Crippen LogP contribution in [-0.4, -0.2) is 6.21 Å². The van der Waals surface area contributed by atoms with Gasteiger partial charge in [0.2, 0.25) is 0 Å². The number of benzene rings is 3. The van der Waals surface area contributed by atoms with Gasteiger partial charge in [0.25, 0.3) is 0 Å². The van der Waals surface area contributed by atoms with Gasteiger partial charge in [0.1, 0.15) is 0 Å². The third-order valence-corrected chi connectivity index (χ3v) is 3.49. The molecule has 0 bridgehead atoms. The van der Waals surface area contributed by atoms with E-state index in [-0.39, 0.29) is 0 Å². The van der Waals surface area contributed by atoms with Crippen LogP contribution in [0.5, 0.6) is 0 Å². The van der Waals surface area contributed by atoms with E-state index in [1.807, 2.05) is 78.9 Å². The van der Waals surface area contributed by atoms with E-state index in [0.717, 1.165) is 22.6 Å². The van der Waals surface area contributed by atoms with Crippen LogP contribution < -0.4 is 0 Å². The smallest absolute Gasteiger partial charge is 0.0858 e. The lowest BCUT2D eigenvalue weighted by molar-refractivity contribution is 1.23. The molecule has 0 fully saturated rings. The lowest BCUT2D eigenvalue weighted by atomic mass is 10.2. The van der Waals surface area contributed by atoms with Crippen molar-refractivity contribution >= 4 is 34.9 Å². The average Bonchev–Trinajstić information content (AvgIpc) is 2.61. The second-order valence-electron chi connectivity index (χ2n) is 4.83. The highest BCUT2D eigenvalue weighted by molar-refractivity contribution is 6.33. The monoisotopic (exact) mass is 319 g/mol. The van der Waals surface area contributed by atoms with Crippen molar-refractivity contribution in [1.29, 1.82) is 0 Å². The lowest BCUT2D eigenvalue weighted by Gasteiger charge is -1.97. The fourth-order valence-corrected chi connectivity index (χ4v) is 2.12. The summed E-state index contributed by atoms with van der Waals surface area (Å²) in [6.07, 6.45) is 1.75. The van der Waals surface area contributed by atoms with Gasteiger partial charge >= 0.3 is 0 Å². The van der Waals surface area contributed by atoms with Gasteiger partial charge in [-0.05, 0) is 42.5 Å². The Morgan fingerprint density at radius 2 is 1.17 bits per heavy atom. The SMILES string of the molecule is Clc1ccccc1C=Nc1ccc(N=Nc2ccccc2)cc1. The van der Waals surface area contributed by atoms with Gasteiger partial charge in [0.15, 0.2) is 0 Å². The van der Waals surface area contributed by atoms with E-state index in [4.69, 9.17) is 11.6 Å². The second-order valence-corrected chi connectivity index (χ2v) is 5.24. The Kier molecular flexibility index (Phi) is 4.92. The van der Waals surface area contributed by atoms with E-state index in [0.29, 0.717) is 5.02 Å². The number of azo groups is 1. The van der Waals surface area contributed by atoms with Gasteiger partial charge in [0, 0.05) is 16.8 Å². The van der Waals surface area contributed by atoms with Crippen LogP contribution in [0.2, 0.25) is 5.02 Å². The van der Waals surface area contributed by atoms with Crippen molar-refractivity contribution in [3.8, 4) is 0 Å². The van der Waals surface area contributed by atoms with Gasteiger partial charge in [-0.25, -0.2) is 0 Å². The van der Waals surface area contributed by atoms with E-state index in [9.17, 15) is 0 Å².